The van der Waals surface area contributed by atoms with Gasteiger partial charge in [0.1, 0.15) is 0 Å². The van der Waals surface area contributed by atoms with E-state index in [2.05, 4.69) is 0 Å². The molecular weight excluding hydrogens is 240 g/mol. The maximum Gasteiger partial charge on any atom is 0.0880 e. The lowest BCUT2D eigenvalue weighted by molar-refractivity contribution is -0.0781. The number of hydrogen-bond donors (Lipinski definition) is 2. The molecule has 3 N–H and O–H groups in total. The van der Waals surface area contributed by atoms with Crippen molar-refractivity contribution in [2.24, 2.45) is 11.1 Å². The van der Waals surface area contributed by atoms with Crippen LogP contribution in [-0.4, -0.2) is 39.0 Å². The summed E-state index contributed by atoms with van der Waals surface area (Å²) in [6.07, 6.45) is 1.32. The third kappa shape index (κ3) is 2.91. The van der Waals surface area contributed by atoms with Crippen LogP contribution in [0.5, 0.6) is 0 Å². The molecule has 0 aromatic heterocycles. The minimum Gasteiger partial charge on any atom is -0.388 e. The largest absolute Gasteiger partial charge is 0.388 e. The summed E-state index contributed by atoms with van der Waals surface area (Å²) in [7, 11) is 4.00. The highest BCUT2D eigenvalue weighted by Gasteiger charge is 2.39. The van der Waals surface area contributed by atoms with Crippen molar-refractivity contribution in [2.75, 3.05) is 38.8 Å². The molecule has 0 bridgehead atoms. The lowest BCUT2D eigenvalue weighted by atomic mass is 9.75. The van der Waals surface area contributed by atoms with Crippen molar-refractivity contribution in [3.63, 3.8) is 0 Å². The lowest BCUT2D eigenvalue weighted by Crippen LogP contribution is -2.43. The molecule has 1 aliphatic rings. The molecule has 1 heterocycles. The quantitative estimate of drug-likeness (QED) is 0.866. The maximum absolute atomic E-state index is 10.7. The van der Waals surface area contributed by atoms with E-state index in [-0.39, 0.29) is 5.41 Å². The topological polar surface area (TPSA) is 58.7 Å². The molecule has 1 aromatic rings. The molecule has 4 heteroatoms. The van der Waals surface area contributed by atoms with E-state index >= 15 is 0 Å². The summed E-state index contributed by atoms with van der Waals surface area (Å²) in [5.41, 5.74) is 7.61. The van der Waals surface area contributed by atoms with Crippen molar-refractivity contribution < 1.29 is 9.84 Å². The van der Waals surface area contributed by atoms with E-state index in [1.165, 1.54) is 0 Å². The highest BCUT2D eigenvalue weighted by molar-refractivity contribution is 5.46. The molecule has 1 saturated heterocycles. The molecule has 1 aliphatic heterocycles. The molecule has 19 heavy (non-hydrogen) atoms. The zero-order valence-corrected chi connectivity index (χ0v) is 11.8. The fourth-order valence-electron chi connectivity index (χ4n) is 2.67. The smallest absolute Gasteiger partial charge is 0.0880 e. The van der Waals surface area contributed by atoms with Crippen molar-refractivity contribution in [1.29, 1.82) is 0 Å². The standard InChI is InChI=1S/C15H24N2O2/c1-17(2)13-6-4-12(5-7-13)14(18)15(10-16)8-3-9-19-11-15/h4-7,14,18H,3,8-11,16H2,1-2H3. The normalized spacial score (nSPS) is 25.1. The fourth-order valence-corrected chi connectivity index (χ4v) is 2.67. The summed E-state index contributed by atoms with van der Waals surface area (Å²) in [6.45, 7) is 1.76. The molecule has 0 amide bonds. The number of hydrogen-bond acceptors (Lipinski definition) is 4. The molecule has 0 spiro atoms. The molecular formula is C15H24N2O2. The number of nitrogens with zero attached hydrogens (tertiary/aromatic N) is 1. The Balaban J connectivity index is 2.19. The second kappa shape index (κ2) is 5.90. The van der Waals surface area contributed by atoms with Crippen LogP contribution >= 0.6 is 0 Å². The predicted octanol–water partition coefficient (Wildman–Crippen LogP) is 1.54. The lowest BCUT2D eigenvalue weighted by Gasteiger charge is -2.40. The highest BCUT2D eigenvalue weighted by Crippen LogP contribution is 2.40. The van der Waals surface area contributed by atoms with Crippen molar-refractivity contribution in [2.45, 2.75) is 18.9 Å². The first-order chi connectivity index (χ1) is 9.09. The zero-order valence-electron chi connectivity index (χ0n) is 11.8. The number of anilines is 1. The Bertz CT molecular complexity index is 397. The summed E-state index contributed by atoms with van der Waals surface area (Å²) < 4.78 is 5.53. The minimum absolute atomic E-state index is 0.335. The van der Waals surface area contributed by atoms with Gasteiger partial charge >= 0.3 is 0 Å². The first-order valence-corrected chi connectivity index (χ1v) is 6.82. The van der Waals surface area contributed by atoms with Gasteiger partial charge < -0.3 is 20.5 Å². The van der Waals surface area contributed by atoms with Gasteiger partial charge in [-0.05, 0) is 30.5 Å². The second-order valence-corrected chi connectivity index (χ2v) is 5.61. The van der Waals surface area contributed by atoms with Gasteiger partial charge in [0.2, 0.25) is 0 Å². The molecule has 2 rings (SSSR count). The van der Waals surface area contributed by atoms with E-state index in [1.54, 1.807) is 0 Å². The van der Waals surface area contributed by atoms with Crippen LogP contribution in [0, 0.1) is 5.41 Å². The third-order valence-corrected chi connectivity index (χ3v) is 4.06. The SMILES string of the molecule is CN(C)c1ccc(C(O)C2(CN)CCCOC2)cc1. The van der Waals surface area contributed by atoms with Gasteiger partial charge in [0.15, 0.2) is 0 Å². The van der Waals surface area contributed by atoms with Crippen LogP contribution in [0.25, 0.3) is 0 Å². The summed E-state index contributed by atoms with van der Waals surface area (Å²) in [4.78, 5) is 2.04. The highest BCUT2D eigenvalue weighted by atomic mass is 16.5. The number of aliphatic hydroxyl groups is 1. The number of aliphatic hydroxyl groups excluding tert-OH is 1. The Hall–Kier alpha value is -1.10. The number of benzene rings is 1. The van der Waals surface area contributed by atoms with Gasteiger partial charge in [-0.1, -0.05) is 12.1 Å². The van der Waals surface area contributed by atoms with Crippen molar-refractivity contribution in [1.82, 2.24) is 0 Å². The Morgan fingerprint density at radius 1 is 1.37 bits per heavy atom. The van der Waals surface area contributed by atoms with Gasteiger partial charge in [0.05, 0.1) is 12.7 Å². The van der Waals surface area contributed by atoms with Gasteiger partial charge in [0.25, 0.3) is 0 Å². The minimum atomic E-state index is -0.561. The second-order valence-electron chi connectivity index (χ2n) is 5.61. The molecule has 106 valence electrons. The molecule has 2 atom stereocenters. The average Bonchev–Trinajstić information content (AvgIpc) is 2.47. The van der Waals surface area contributed by atoms with Crippen LogP contribution < -0.4 is 10.6 Å². The molecule has 0 saturated carbocycles. The average molecular weight is 264 g/mol. The van der Waals surface area contributed by atoms with E-state index in [9.17, 15) is 5.11 Å². The van der Waals surface area contributed by atoms with E-state index in [1.807, 2.05) is 43.3 Å². The predicted molar refractivity (Wildman–Crippen MR) is 77.3 cm³/mol. The monoisotopic (exact) mass is 264 g/mol. The van der Waals surface area contributed by atoms with Crippen LogP contribution in [0.3, 0.4) is 0 Å². The fraction of sp³-hybridized carbons (Fsp3) is 0.600. The van der Waals surface area contributed by atoms with Crippen LogP contribution in [0.1, 0.15) is 24.5 Å². The van der Waals surface area contributed by atoms with E-state index < -0.39 is 6.10 Å². The third-order valence-electron chi connectivity index (χ3n) is 4.06. The molecule has 1 fully saturated rings. The Labute approximate surface area is 115 Å². The van der Waals surface area contributed by atoms with E-state index in [0.717, 1.165) is 30.7 Å². The zero-order chi connectivity index (χ0) is 13.9. The van der Waals surface area contributed by atoms with Crippen LogP contribution in [-0.2, 0) is 4.74 Å². The Morgan fingerprint density at radius 3 is 2.53 bits per heavy atom. The van der Waals surface area contributed by atoms with Crippen LogP contribution in [0.4, 0.5) is 5.69 Å². The van der Waals surface area contributed by atoms with Gasteiger partial charge in [-0.15, -0.1) is 0 Å². The van der Waals surface area contributed by atoms with Crippen LogP contribution in [0.15, 0.2) is 24.3 Å². The van der Waals surface area contributed by atoms with Crippen molar-refractivity contribution >= 4 is 5.69 Å². The molecule has 2 unspecified atom stereocenters. The van der Waals surface area contributed by atoms with Crippen molar-refractivity contribution in [3.05, 3.63) is 29.8 Å². The number of rotatable bonds is 4. The number of ether oxygens (including phenoxy) is 1. The van der Waals surface area contributed by atoms with Gasteiger partial charge in [-0.2, -0.15) is 0 Å². The van der Waals surface area contributed by atoms with Crippen LogP contribution in [0.2, 0.25) is 0 Å². The first kappa shape index (κ1) is 14.3. The number of nitrogens with two attached hydrogens (primary N) is 1. The van der Waals surface area contributed by atoms with Crippen molar-refractivity contribution in [3.8, 4) is 0 Å². The summed E-state index contributed by atoms with van der Waals surface area (Å²) >= 11 is 0. The molecule has 0 radical (unpaired) electrons. The summed E-state index contributed by atoms with van der Waals surface area (Å²) in [5.74, 6) is 0. The van der Waals surface area contributed by atoms with Gasteiger partial charge in [0, 0.05) is 38.3 Å². The maximum atomic E-state index is 10.7. The molecule has 0 aliphatic carbocycles. The molecule has 4 nitrogen and oxygen atoms in total. The molecule has 1 aromatic carbocycles. The first-order valence-electron chi connectivity index (χ1n) is 6.82. The summed E-state index contributed by atoms with van der Waals surface area (Å²) in [5, 5.41) is 10.7. The van der Waals surface area contributed by atoms with E-state index in [0.29, 0.717) is 13.2 Å². The Morgan fingerprint density at radius 2 is 2.05 bits per heavy atom. The Kier molecular flexibility index (Phi) is 4.45. The van der Waals surface area contributed by atoms with E-state index in [4.69, 9.17) is 10.5 Å². The summed E-state index contributed by atoms with van der Waals surface area (Å²) in [6, 6.07) is 8.00. The van der Waals surface area contributed by atoms with Gasteiger partial charge in [-0.3, -0.25) is 0 Å². The van der Waals surface area contributed by atoms with Gasteiger partial charge in [-0.25, -0.2) is 0 Å².